The number of anilines is 2. The predicted octanol–water partition coefficient (Wildman–Crippen LogP) is 2.25. The third-order valence-electron chi connectivity index (χ3n) is 7.19. The summed E-state index contributed by atoms with van der Waals surface area (Å²) in [6.07, 6.45) is 0.534. The number of hydrogen-bond donors (Lipinski definition) is 5. The van der Waals surface area contributed by atoms with Gasteiger partial charge in [-0.05, 0) is 49.5 Å². The molecule has 4 rings (SSSR count). The van der Waals surface area contributed by atoms with Gasteiger partial charge in [-0.1, -0.05) is 39.8 Å². The van der Waals surface area contributed by atoms with Crippen molar-refractivity contribution in [3.05, 3.63) is 42.5 Å². The van der Waals surface area contributed by atoms with Crippen LogP contribution in [0.2, 0.25) is 0 Å². The molecule has 2 aromatic heterocycles. The van der Waals surface area contributed by atoms with Crippen LogP contribution in [0.3, 0.4) is 0 Å². The highest BCUT2D eigenvalue weighted by Crippen LogP contribution is 2.32. The van der Waals surface area contributed by atoms with E-state index in [1.54, 1.807) is 4.57 Å². The molecule has 6 N–H and O–H groups in total. The maximum atomic E-state index is 12.6. The number of imidazole rings is 1. The van der Waals surface area contributed by atoms with Crippen LogP contribution in [0.25, 0.3) is 11.2 Å². The fourth-order valence-electron chi connectivity index (χ4n) is 4.73. The fraction of sp³-hybridized carbons (Fsp3) is 0.556. The first-order valence-electron chi connectivity index (χ1n) is 13.3. The number of nitrogens with one attached hydrogen (secondary N) is 2. The van der Waals surface area contributed by atoms with Gasteiger partial charge < -0.3 is 36.2 Å². The van der Waals surface area contributed by atoms with Crippen molar-refractivity contribution in [2.24, 2.45) is 0 Å². The first-order valence-corrected chi connectivity index (χ1v) is 13.3. The number of ether oxygens (including phenoxy) is 1. The Morgan fingerprint density at radius 3 is 2.56 bits per heavy atom. The Labute approximate surface area is 228 Å². The van der Waals surface area contributed by atoms with Crippen LogP contribution in [0.15, 0.2) is 36.9 Å². The molecule has 12 nitrogen and oxygen atoms in total. The number of aliphatic hydroxyl groups is 2. The summed E-state index contributed by atoms with van der Waals surface area (Å²) in [6, 6.07) is 7.61. The number of likely N-dealkylation sites (N-methyl/N-ethyl adjacent to an activating group) is 1. The Bertz CT molecular complexity index is 1260. The van der Waals surface area contributed by atoms with Gasteiger partial charge in [-0.25, -0.2) is 19.7 Å². The lowest BCUT2D eigenvalue weighted by atomic mass is 9.87. The van der Waals surface area contributed by atoms with Gasteiger partial charge in [-0.15, -0.1) is 0 Å². The lowest BCUT2D eigenvalue weighted by Gasteiger charge is -2.25. The average molecular weight is 541 g/mol. The van der Waals surface area contributed by atoms with Gasteiger partial charge in [0.15, 0.2) is 17.7 Å². The second-order valence-corrected chi connectivity index (χ2v) is 11.2. The molecular formula is C27H40N8O4. The summed E-state index contributed by atoms with van der Waals surface area (Å²) in [5, 5.41) is 27.3. The highest BCUT2D eigenvalue weighted by Gasteiger charge is 2.44. The van der Waals surface area contributed by atoms with Crippen LogP contribution in [0, 0.1) is 0 Å². The number of nitrogens with zero attached hydrogens (tertiary/aromatic N) is 5. The smallest absolute Gasteiger partial charge is 0.319 e. The molecule has 1 aromatic carbocycles. The van der Waals surface area contributed by atoms with Gasteiger partial charge >= 0.3 is 6.03 Å². The van der Waals surface area contributed by atoms with Crippen molar-refractivity contribution < 1.29 is 19.7 Å². The van der Waals surface area contributed by atoms with E-state index < -0.39 is 24.5 Å². The number of aliphatic hydroxyl groups excluding tert-OH is 2. The molecule has 0 spiro atoms. The fourth-order valence-corrected chi connectivity index (χ4v) is 4.73. The Morgan fingerprint density at radius 2 is 1.90 bits per heavy atom. The van der Waals surface area contributed by atoms with Gasteiger partial charge in [0.25, 0.3) is 0 Å². The zero-order valence-corrected chi connectivity index (χ0v) is 23.2. The Kier molecular flexibility index (Phi) is 8.70. The van der Waals surface area contributed by atoms with E-state index in [0.717, 1.165) is 12.1 Å². The highest BCUT2D eigenvalue weighted by molar-refractivity contribution is 5.89. The molecule has 0 aliphatic carbocycles. The second-order valence-electron chi connectivity index (χ2n) is 11.2. The number of rotatable bonds is 9. The normalized spacial score (nSPS) is 22.4. The first kappa shape index (κ1) is 28.7. The van der Waals surface area contributed by atoms with Crippen molar-refractivity contribution in [1.82, 2.24) is 29.7 Å². The standard InChI is InChI=1S/C27H40N8O4/c1-6-17(32-26(38)33-18-9-7-16(8-10-18)27(2,3)4)11-12-34(5)13-19-21(36)22(37)25(39-19)35-15-31-20-23(28)29-14-30-24(20)35/h7-10,14-15,17,19,21-22,25,36-37H,6,11-13H2,1-5H3,(H2,28,29,30)(H2,32,33,38)/t17?,19?,21-,22-,25?/m1/s1. The van der Waals surface area contributed by atoms with Crippen LogP contribution >= 0.6 is 0 Å². The van der Waals surface area contributed by atoms with Gasteiger partial charge in [0.1, 0.15) is 30.2 Å². The van der Waals surface area contributed by atoms with Gasteiger partial charge in [0.2, 0.25) is 0 Å². The van der Waals surface area contributed by atoms with Crippen LogP contribution in [0.5, 0.6) is 0 Å². The Hall–Kier alpha value is -3.32. The lowest BCUT2D eigenvalue weighted by molar-refractivity contribution is -0.0423. The molecule has 0 radical (unpaired) electrons. The van der Waals surface area contributed by atoms with Crippen molar-refractivity contribution >= 4 is 28.7 Å². The van der Waals surface area contributed by atoms with Gasteiger partial charge in [-0.3, -0.25) is 4.57 Å². The van der Waals surface area contributed by atoms with Crippen LogP contribution in [-0.2, 0) is 10.2 Å². The number of urea groups is 1. The molecular weight excluding hydrogens is 500 g/mol. The molecule has 3 aromatic rings. The van der Waals surface area contributed by atoms with Crippen molar-refractivity contribution in [2.45, 2.75) is 76.5 Å². The molecule has 0 bridgehead atoms. The Morgan fingerprint density at radius 1 is 1.18 bits per heavy atom. The highest BCUT2D eigenvalue weighted by atomic mass is 16.6. The van der Waals surface area contributed by atoms with E-state index in [1.807, 2.05) is 43.1 Å². The second kappa shape index (κ2) is 11.8. The average Bonchev–Trinajstić information content (AvgIpc) is 3.43. The summed E-state index contributed by atoms with van der Waals surface area (Å²) < 4.78 is 7.61. The molecule has 1 aliphatic heterocycles. The third kappa shape index (κ3) is 6.64. The van der Waals surface area contributed by atoms with Gasteiger partial charge in [0, 0.05) is 18.3 Å². The zero-order valence-electron chi connectivity index (χ0n) is 23.2. The van der Waals surface area contributed by atoms with Crippen molar-refractivity contribution in [3.8, 4) is 0 Å². The summed E-state index contributed by atoms with van der Waals surface area (Å²) in [5.41, 5.74) is 8.70. The summed E-state index contributed by atoms with van der Waals surface area (Å²) in [5.74, 6) is 0.231. The zero-order chi connectivity index (χ0) is 28.3. The molecule has 2 amide bonds. The molecule has 0 saturated carbocycles. The van der Waals surface area contributed by atoms with E-state index in [2.05, 4.69) is 46.4 Å². The number of carbonyl (C=O) groups excluding carboxylic acids is 1. The number of benzene rings is 1. The minimum atomic E-state index is -1.16. The maximum absolute atomic E-state index is 12.6. The number of nitrogen functional groups attached to an aromatic ring is 1. The number of amides is 2. The quantitative estimate of drug-likeness (QED) is 0.274. The van der Waals surface area contributed by atoms with Gasteiger partial charge in [0.05, 0.1) is 6.33 Å². The summed E-state index contributed by atoms with van der Waals surface area (Å²) in [4.78, 5) is 27.0. The minimum absolute atomic E-state index is 0.0310. The molecule has 3 unspecified atom stereocenters. The van der Waals surface area contributed by atoms with Gasteiger partial charge in [-0.2, -0.15) is 0 Å². The molecule has 1 aliphatic rings. The maximum Gasteiger partial charge on any atom is 0.319 e. The topological polar surface area (TPSA) is 164 Å². The summed E-state index contributed by atoms with van der Waals surface area (Å²) in [7, 11) is 1.92. The van der Waals surface area contributed by atoms with E-state index in [1.165, 1.54) is 18.2 Å². The van der Waals surface area contributed by atoms with Crippen molar-refractivity contribution in [2.75, 3.05) is 31.2 Å². The number of hydrogen-bond acceptors (Lipinski definition) is 9. The largest absolute Gasteiger partial charge is 0.387 e. The van der Waals surface area contributed by atoms with E-state index in [0.29, 0.717) is 30.7 Å². The molecule has 212 valence electrons. The summed E-state index contributed by atoms with van der Waals surface area (Å²) >= 11 is 0. The van der Waals surface area contributed by atoms with Crippen LogP contribution in [-0.4, -0.2) is 85.2 Å². The minimum Gasteiger partial charge on any atom is -0.387 e. The number of carbonyl (C=O) groups is 1. The number of aromatic nitrogens is 4. The molecule has 39 heavy (non-hydrogen) atoms. The SMILES string of the molecule is CCC(CCN(C)CC1OC(n2cnc3c(N)ncnc32)[C@H](O)[C@@H]1O)NC(=O)Nc1ccc(C(C)(C)C)cc1. The van der Waals surface area contributed by atoms with Crippen LogP contribution in [0.4, 0.5) is 16.3 Å². The van der Waals surface area contributed by atoms with E-state index in [-0.39, 0.29) is 23.3 Å². The van der Waals surface area contributed by atoms with E-state index >= 15 is 0 Å². The Balaban J connectivity index is 1.27. The third-order valence-corrected chi connectivity index (χ3v) is 7.19. The van der Waals surface area contributed by atoms with Crippen molar-refractivity contribution in [1.29, 1.82) is 0 Å². The summed E-state index contributed by atoms with van der Waals surface area (Å²) in [6.45, 7) is 9.53. The van der Waals surface area contributed by atoms with Crippen LogP contribution < -0.4 is 16.4 Å². The van der Waals surface area contributed by atoms with E-state index in [9.17, 15) is 15.0 Å². The molecule has 1 saturated heterocycles. The molecule has 1 fully saturated rings. The molecule has 3 heterocycles. The van der Waals surface area contributed by atoms with Crippen LogP contribution in [0.1, 0.15) is 52.3 Å². The molecule has 12 heteroatoms. The lowest BCUT2D eigenvalue weighted by Crippen LogP contribution is -2.42. The molecule has 5 atom stereocenters. The first-order chi connectivity index (χ1) is 18.5. The van der Waals surface area contributed by atoms with E-state index in [4.69, 9.17) is 10.5 Å². The van der Waals surface area contributed by atoms with Crippen molar-refractivity contribution in [3.63, 3.8) is 0 Å². The number of fused-ring (bicyclic) bond motifs is 1. The monoisotopic (exact) mass is 540 g/mol. The predicted molar refractivity (Wildman–Crippen MR) is 149 cm³/mol. The number of nitrogens with two attached hydrogens (primary N) is 1.